The number of aryl methyl sites for hydroxylation is 1. The van der Waals surface area contributed by atoms with Crippen molar-refractivity contribution in [1.29, 1.82) is 0 Å². The molecule has 16 heavy (non-hydrogen) atoms. The maximum Gasteiger partial charge on any atom is 0.152 e. The molecule has 2 nitrogen and oxygen atoms in total. The molecule has 0 saturated heterocycles. The molecule has 0 unspecified atom stereocenters. The number of alkyl halides is 1. The molecule has 0 amide bonds. The zero-order valence-corrected chi connectivity index (χ0v) is 10.5. The van der Waals surface area contributed by atoms with Gasteiger partial charge >= 0.3 is 0 Å². The van der Waals surface area contributed by atoms with Crippen molar-refractivity contribution in [3.8, 4) is 5.75 Å². The number of hydrogen-bond acceptors (Lipinski definition) is 2. The molecule has 0 atom stereocenters. The van der Waals surface area contributed by atoms with E-state index in [0.29, 0.717) is 13.0 Å². The molecule has 0 spiro atoms. The average molecular weight is 241 g/mol. The van der Waals surface area contributed by atoms with Gasteiger partial charge in [-0.25, -0.2) is 0 Å². The normalized spacial score (nSPS) is 10.2. The molecule has 1 aromatic carbocycles. The Labute approximate surface area is 102 Å². The largest absolute Gasteiger partial charge is 0.494 e. The number of carbonyl (C=O) groups is 1. The Morgan fingerprint density at radius 2 is 2.12 bits per heavy atom. The van der Waals surface area contributed by atoms with Gasteiger partial charge in [0.15, 0.2) is 5.78 Å². The van der Waals surface area contributed by atoms with Crippen molar-refractivity contribution in [2.45, 2.75) is 26.7 Å². The number of ketones is 1. The Kier molecular flexibility index (Phi) is 5.33. The summed E-state index contributed by atoms with van der Waals surface area (Å²) in [6.45, 7) is 4.62. The monoisotopic (exact) mass is 240 g/mol. The van der Waals surface area contributed by atoms with E-state index in [4.69, 9.17) is 16.3 Å². The summed E-state index contributed by atoms with van der Waals surface area (Å²) >= 11 is 5.51. The quantitative estimate of drug-likeness (QED) is 0.715. The Hall–Kier alpha value is -1.02. The van der Waals surface area contributed by atoms with Gasteiger partial charge in [0, 0.05) is 12.0 Å². The van der Waals surface area contributed by atoms with Crippen molar-refractivity contribution in [1.82, 2.24) is 0 Å². The van der Waals surface area contributed by atoms with Gasteiger partial charge in [-0.05, 0) is 25.0 Å². The van der Waals surface area contributed by atoms with Crippen molar-refractivity contribution in [2.75, 3.05) is 12.5 Å². The van der Waals surface area contributed by atoms with E-state index in [1.807, 2.05) is 25.1 Å². The van der Waals surface area contributed by atoms with E-state index < -0.39 is 0 Å². The van der Waals surface area contributed by atoms with E-state index in [2.05, 4.69) is 6.92 Å². The minimum Gasteiger partial charge on any atom is -0.494 e. The van der Waals surface area contributed by atoms with E-state index >= 15 is 0 Å². The number of halogens is 1. The highest BCUT2D eigenvalue weighted by Gasteiger charge is 2.09. The summed E-state index contributed by atoms with van der Waals surface area (Å²) in [7, 11) is 0. The molecule has 0 aliphatic carbocycles. The fourth-order valence-electron chi connectivity index (χ4n) is 1.55. The Bertz CT molecular complexity index is 361. The van der Waals surface area contributed by atoms with Gasteiger partial charge < -0.3 is 4.74 Å². The highest BCUT2D eigenvalue weighted by atomic mass is 35.5. The Morgan fingerprint density at radius 1 is 1.38 bits per heavy atom. The molecule has 0 heterocycles. The molecular formula is C13H17ClO2. The van der Waals surface area contributed by atoms with Gasteiger partial charge in [0.2, 0.25) is 0 Å². The number of Topliss-reactive ketones (excluding diaryl/α,β-unsaturated/α-hetero) is 1. The SMILES string of the molecule is CCOc1ccc(CC)cc1CC(=O)CCl. The first-order valence-corrected chi connectivity index (χ1v) is 6.07. The van der Waals surface area contributed by atoms with Crippen LogP contribution in [-0.4, -0.2) is 18.3 Å². The highest BCUT2D eigenvalue weighted by Crippen LogP contribution is 2.21. The predicted octanol–water partition coefficient (Wildman–Crippen LogP) is 3.00. The van der Waals surface area contributed by atoms with Crippen LogP contribution < -0.4 is 4.74 Å². The number of benzene rings is 1. The summed E-state index contributed by atoms with van der Waals surface area (Å²) in [5, 5.41) is 0. The van der Waals surface area contributed by atoms with E-state index in [1.165, 1.54) is 5.56 Å². The van der Waals surface area contributed by atoms with Gasteiger partial charge in [0.05, 0.1) is 12.5 Å². The number of ether oxygens (including phenoxy) is 1. The first-order chi connectivity index (χ1) is 7.71. The second kappa shape index (κ2) is 6.54. The fourth-order valence-corrected chi connectivity index (χ4v) is 1.64. The molecule has 3 heteroatoms. The maximum atomic E-state index is 11.3. The molecule has 0 bridgehead atoms. The van der Waals surface area contributed by atoms with Crippen LogP contribution in [0.4, 0.5) is 0 Å². The van der Waals surface area contributed by atoms with Gasteiger partial charge in [-0.3, -0.25) is 4.79 Å². The predicted molar refractivity (Wildman–Crippen MR) is 66.4 cm³/mol. The summed E-state index contributed by atoms with van der Waals surface area (Å²) in [5.74, 6) is 0.871. The molecule has 0 radical (unpaired) electrons. The van der Waals surface area contributed by atoms with Crippen LogP contribution in [0.25, 0.3) is 0 Å². The molecular weight excluding hydrogens is 224 g/mol. The lowest BCUT2D eigenvalue weighted by molar-refractivity contribution is -0.116. The standard InChI is InChI=1S/C13H17ClO2/c1-3-10-5-6-13(16-4-2)11(7-10)8-12(15)9-14/h5-7H,3-4,8-9H2,1-2H3. The van der Waals surface area contributed by atoms with Crippen LogP contribution in [0, 0.1) is 0 Å². The summed E-state index contributed by atoms with van der Waals surface area (Å²) in [5.41, 5.74) is 2.15. The second-order valence-corrected chi connectivity index (χ2v) is 3.84. The van der Waals surface area contributed by atoms with Crippen LogP contribution in [-0.2, 0) is 17.6 Å². The van der Waals surface area contributed by atoms with Crippen molar-refractivity contribution < 1.29 is 9.53 Å². The van der Waals surface area contributed by atoms with Crippen LogP contribution in [0.5, 0.6) is 5.75 Å². The van der Waals surface area contributed by atoms with Crippen LogP contribution in [0.1, 0.15) is 25.0 Å². The third-order valence-corrected chi connectivity index (χ3v) is 2.67. The Morgan fingerprint density at radius 3 is 2.69 bits per heavy atom. The van der Waals surface area contributed by atoms with Gasteiger partial charge in [0.1, 0.15) is 5.75 Å². The molecule has 0 aliphatic rings. The van der Waals surface area contributed by atoms with Crippen LogP contribution >= 0.6 is 11.6 Å². The van der Waals surface area contributed by atoms with Gasteiger partial charge in [0.25, 0.3) is 0 Å². The minimum atomic E-state index is 0.0240. The summed E-state index contributed by atoms with van der Waals surface area (Å²) in [4.78, 5) is 11.3. The molecule has 0 fully saturated rings. The van der Waals surface area contributed by atoms with Gasteiger partial charge in [-0.1, -0.05) is 19.1 Å². The van der Waals surface area contributed by atoms with Gasteiger partial charge in [-0.15, -0.1) is 11.6 Å². The summed E-state index contributed by atoms with van der Waals surface area (Å²) in [6.07, 6.45) is 1.31. The smallest absolute Gasteiger partial charge is 0.152 e. The lowest BCUT2D eigenvalue weighted by atomic mass is 10.0. The van der Waals surface area contributed by atoms with Crippen LogP contribution in [0.15, 0.2) is 18.2 Å². The number of rotatable bonds is 6. The highest BCUT2D eigenvalue weighted by molar-refractivity contribution is 6.27. The third kappa shape index (κ3) is 3.53. The van der Waals surface area contributed by atoms with E-state index in [1.54, 1.807) is 0 Å². The van der Waals surface area contributed by atoms with Crippen molar-refractivity contribution in [2.24, 2.45) is 0 Å². The Balaban J connectivity index is 2.95. The number of carbonyl (C=O) groups excluding carboxylic acids is 1. The summed E-state index contributed by atoms with van der Waals surface area (Å²) in [6, 6.07) is 5.98. The van der Waals surface area contributed by atoms with E-state index in [-0.39, 0.29) is 11.7 Å². The van der Waals surface area contributed by atoms with Crippen molar-refractivity contribution in [3.05, 3.63) is 29.3 Å². The molecule has 1 aromatic rings. The van der Waals surface area contributed by atoms with E-state index in [9.17, 15) is 4.79 Å². The molecule has 0 aliphatic heterocycles. The molecule has 1 rings (SSSR count). The average Bonchev–Trinajstić information content (AvgIpc) is 2.31. The third-order valence-electron chi connectivity index (χ3n) is 2.37. The van der Waals surface area contributed by atoms with Crippen molar-refractivity contribution in [3.63, 3.8) is 0 Å². The van der Waals surface area contributed by atoms with Crippen molar-refractivity contribution >= 4 is 17.4 Å². The summed E-state index contributed by atoms with van der Waals surface area (Å²) < 4.78 is 5.49. The second-order valence-electron chi connectivity index (χ2n) is 3.58. The molecule has 88 valence electrons. The lowest BCUT2D eigenvalue weighted by Crippen LogP contribution is -2.06. The van der Waals surface area contributed by atoms with Crippen LogP contribution in [0.3, 0.4) is 0 Å². The lowest BCUT2D eigenvalue weighted by Gasteiger charge is -2.10. The van der Waals surface area contributed by atoms with E-state index in [0.717, 1.165) is 17.7 Å². The topological polar surface area (TPSA) is 26.3 Å². The fraction of sp³-hybridized carbons (Fsp3) is 0.462. The first-order valence-electron chi connectivity index (χ1n) is 5.53. The zero-order valence-electron chi connectivity index (χ0n) is 9.75. The molecule has 0 saturated carbocycles. The minimum absolute atomic E-state index is 0.0240. The molecule has 0 N–H and O–H groups in total. The number of hydrogen-bond donors (Lipinski definition) is 0. The molecule has 0 aromatic heterocycles. The first kappa shape index (κ1) is 13.0. The van der Waals surface area contributed by atoms with Gasteiger partial charge in [-0.2, -0.15) is 0 Å². The zero-order chi connectivity index (χ0) is 12.0. The van der Waals surface area contributed by atoms with Crippen LogP contribution in [0.2, 0.25) is 0 Å². The maximum absolute atomic E-state index is 11.3.